The Balaban J connectivity index is 2.50. The molecule has 1 saturated carbocycles. The van der Waals surface area contributed by atoms with Crippen LogP contribution in [0.15, 0.2) is 0 Å². The van der Waals surface area contributed by atoms with Crippen molar-refractivity contribution < 1.29 is 19.8 Å². The summed E-state index contributed by atoms with van der Waals surface area (Å²) < 4.78 is 0. The smallest absolute Gasteiger partial charge is 0.328 e. The van der Waals surface area contributed by atoms with E-state index in [9.17, 15) is 9.59 Å². The van der Waals surface area contributed by atoms with Gasteiger partial charge in [-0.1, -0.05) is 6.42 Å². The van der Waals surface area contributed by atoms with Crippen LogP contribution in [0.4, 0.5) is 0 Å². The van der Waals surface area contributed by atoms with Gasteiger partial charge in [-0.2, -0.15) is 0 Å². The van der Waals surface area contributed by atoms with Gasteiger partial charge in [-0.3, -0.25) is 4.79 Å². The number of carbonyl (C=O) groups excluding carboxylic acids is 1. The SMILES string of the molecule is NC1CCCC1C(=O)N[C@H](CO)C(=O)O. The van der Waals surface area contributed by atoms with Crippen LogP contribution in [0.25, 0.3) is 0 Å². The number of hydrogen-bond acceptors (Lipinski definition) is 4. The molecule has 3 atom stereocenters. The van der Waals surface area contributed by atoms with Crippen LogP contribution in [0.3, 0.4) is 0 Å². The summed E-state index contributed by atoms with van der Waals surface area (Å²) in [5.41, 5.74) is 5.70. The molecule has 1 aliphatic carbocycles. The van der Waals surface area contributed by atoms with Crippen molar-refractivity contribution in [3.8, 4) is 0 Å². The van der Waals surface area contributed by atoms with Gasteiger partial charge in [0.15, 0.2) is 0 Å². The van der Waals surface area contributed by atoms with Gasteiger partial charge in [0.1, 0.15) is 6.04 Å². The van der Waals surface area contributed by atoms with Crippen LogP contribution in [0.1, 0.15) is 19.3 Å². The highest BCUT2D eigenvalue weighted by molar-refractivity contribution is 5.85. The molecule has 0 bridgehead atoms. The summed E-state index contributed by atoms with van der Waals surface area (Å²) in [4.78, 5) is 22.1. The van der Waals surface area contributed by atoms with E-state index < -0.39 is 18.6 Å². The molecule has 86 valence electrons. The fourth-order valence-electron chi connectivity index (χ4n) is 1.78. The molecular weight excluding hydrogens is 200 g/mol. The summed E-state index contributed by atoms with van der Waals surface area (Å²) >= 11 is 0. The molecule has 6 heteroatoms. The first-order valence-corrected chi connectivity index (χ1v) is 4.96. The molecule has 1 amide bonds. The van der Waals surface area contributed by atoms with Crippen LogP contribution in [-0.4, -0.2) is 40.8 Å². The van der Waals surface area contributed by atoms with E-state index in [0.29, 0.717) is 6.42 Å². The second-order valence-corrected chi connectivity index (χ2v) is 3.78. The lowest BCUT2D eigenvalue weighted by Crippen LogP contribution is -2.48. The van der Waals surface area contributed by atoms with Crippen LogP contribution in [0.5, 0.6) is 0 Å². The third-order valence-electron chi connectivity index (χ3n) is 2.70. The topological polar surface area (TPSA) is 113 Å². The zero-order valence-electron chi connectivity index (χ0n) is 8.35. The van der Waals surface area contributed by atoms with Crippen LogP contribution in [0, 0.1) is 5.92 Å². The van der Waals surface area contributed by atoms with Crippen LogP contribution in [0.2, 0.25) is 0 Å². The standard InChI is InChI=1S/C9H16N2O4/c10-6-3-1-2-5(6)8(13)11-7(4-12)9(14)15/h5-7,12H,1-4,10H2,(H,11,13)(H,14,15)/t5?,6?,7-/m1/s1. The van der Waals surface area contributed by atoms with Gasteiger partial charge in [0, 0.05) is 6.04 Å². The van der Waals surface area contributed by atoms with E-state index in [2.05, 4.69) is 5.32 Å². The number of carboxylic acid groups (broad SMARTS) is 1. The Labute approximate surface area is 87.5 Å². The summed E-state index contributed by atoms with van der Waals surface area (Å²) in [5, 5.41) is 19.6. The van der Waals surface area contributed by atoms with Crippen molar-refractivity contribution in [1.29, 1.82) is 0 Å². The molecule has 0 aliphatic heterocycles. The minimum absolute atomic E-state index is 0.196. The highest BCUT2D eigenvalue weighted by Gasteiger charge is 2.32. The normalized spacial score (nSPS) is 27.3. The summed E-state index contributed by atoms with van der Waals surface area (Å²) in [5.74, 6) is -1.93. The largest absolute Gasteiger partial charge is 0.480 e. The predicted octanol–water partition coefficient (Wildman–Crippen LogP) is -1.32. The zero-order valence-corrected chi connectivity index (χ0v) is 8.35. The highest BCUT2D eigenvalue weighted by atomic mass is 16.4. The molecule has 1 aliphatic rings. The molecule has 0 aromatic rings. The molecule has 0 heterocycles. The van der Waals surface area contributed by atoms with E-state index in [1.165, 1.54) is 0 Å². The third-order valence-corrected chi connectivity index (χ3v) is 2.70. The second kappa shape index (κ2) is 5.09. The summed E-state index contributed by atoms with van der Waals surface area (Å²) in [6, 6.07) is -1.43. The predicted molar refractivity (Wildman–Crippen MR) is 52.0 cm³/mol. The van der Waals surface area contributed by atoms with Crippen LogP contribution < -0.4 is 11.1 Å². The molecule has 0 spiro atoms. The quantitative estimate of drug-likeness (QED) is 0.465. The van der Waals surface area contributed by atoms with E-state index in [1.54, 1.807) is 0 Å². The number of nitrogens with two attached hydrogens (primary N) is 1. The number of nitrogens with one attached hydrogen (secondary N) is 1. The van der Waals surface area contributed by atoms with Gasteiger partial charge >= 0.3 is 5.97 Å². The molecular formula is C9H16N2O4. The maximum atomic E-state index is 11.6. The lowest BCUT2D eigenvalue weighted by molar-refractivity contribution is -0.143. The molecule has 0 aromatic heterocycles. The van der Waals surface area contributed by atoms with Crippen molar-refractivity contribution in [2.75, 3.05) is 6.61 Å². The van der Waals surface area contributed by atoms with E-state index in [0.717, 1.165) is 12.8 Å². The first kappa shape index (κ1) is 11.9. The Kier molecular flexibility index (Phi) is 4.05. The Morgan fingerprint density at radius 3 is 2.53 bits per heavy atom. The average Bonchev–Trinajstić information content (AvgIpc) is 2.60. The summed E-state index contributed by atoms with van der Waals surface area (Å²) in [6.07, 6.45) is 2.36. The van der Waals surface area contributed by atoms with Gasteiger partial charge in [-0.05, 0) is 12.8 Å². The van der Waals surface area contributed by atoms with Gasteiger partial charge in [0.05, 0.1) is 12.5 Å². The van der Waals surface area contributed by atoms with E-state index in [1.807, 2.05) is 0 Å². The summed E-state index contributed by atoms with van der Waals surface area (Å²) in [6.45, 7) is -0.608. The van der Waals surface area contributed by atoms with Gasteiger partial charge in [0.25, 0.3) is 0 Å². The van der Waals surface area contributed by atoms with Crippen molar-refractivity contribution in [1.82, 2.24) is 5.32 Å². The highest BCUT2D eigenvalue weighted by Crippen LogP contribution is 2.23. The Bertz CT molecular complexity index is 256. The van der Waals surface area contributed by atoms with Gasteiger partial charge in [0.2, 0.25) is 5.91 Å². The van der Waals surface area contributed by atoms with Gasteiger partial charge < -0.3 is 21.3 Å². The number of aliphatic hydroxyl groups excluding tert-OH is 1. The minimum Gasteiger partial charge on any atom is -0.480 e. The third kappa shape index (κ3) is 2.90. The molecule has 2 unspecified atom stereocenters. The van der Waals surface area contributed by atoms with Crippen LogP contribution >= 0.6 is 0 Å². The molecule has 5 N–H and O–H groups in total. The van der Waals surface area contributed by atoms with Crippen molar-refractivity contribution >= 4 is 11.9 Å². The Morgan fingerprint density at radius 2 is 2.13 bits per heavy atom. The lowest BCUT2D eigenvalue weighted by Gasteiger charge is -2.18. The number of rotatable bonds is 4. The zero-order chi connectivity index (χ0) is 11.4. The van der Waals surface area contributed by atoms with E-state index in [-0.39, 0.29) is 17.9 Å². The monoisotopic (exact) mass is 216 g/mol. The lowest BCUT2D eigenvalue weighted by atomic mass is 10.0. The molecule has 1 rings (SSSR count). The Hall–Kier alpha value is -1.14. The summed E-state index contributed by atoms with van der Waals surface area (Å²) in [7, 11) is 0. The number of hydrogen-bond donors (Lipinski definition) is 4. The fourth-order valence-corrected chi connectivity index (χ4v) is 1.78. The van der Waals surface area contributed by atoms with Gasteiger partial charge in [-0.25, -0.2) is 4.79 Å². The number of aliphatic hydroxyl groups is 1. The van der Waals surface area contributed by atoms with Crippen molar-refractivity contribution in [3.05, 3.63) is 0 Å². The number of carbonyl (C=O) groups is 2. The maximum absolute atomic E-state index is 11.6. The Morgan fingerprint density at radius 1 is 1.47 bits per heavy atom. The number of amides is 1. The van der Waals surface area contributed by atoms with Crippen LogP contribution in [-0.2, 0) is 9.59 Å². The fraction of sp³-hybridized carbons (Fsp3) is 0.778. The van der Waals surface area contributed by atoms with E-state index in [4.69, 9.17) is 15.9 Å². The molecule has 1 fully saturated rings. The number of carboxylic acids is 1. The first-order chi connectivity index (χ1) is 7.06. The number of aliphatic carboxylic acids is 1. The van der Waals surface area contributed by atoms with Crippen molar-refractivity contribution in [3.63, 3.8) is 0 Å². The van der Waals surface area contributed by atoms with E-state index >= 15 is 0 Å². The average molecular weight is 216 g/mol. The van der Waals surface area contributed by atoms with Crippen molar-refractivity contribution in [2.45, 2.75) is 31.3 Å². The molecule has 0 saturated heterocycles. The van der Waals surface area contributed by atoms with Crippen molar-refractivity contribution in [2.24, 2.45) is 11.7 Å². The van der Waals surface area contributed by atoms with Gasteiger partial charge in [-0.15, -0.1) is 0 Å². The molecule has 15 heavy (non-hydrogen) atoms. The minimum atomic E-state index is -1.24. The first-order valence-electron chi connectivity index (χ1n) is 4.96. The maximum Gasteiger partial charge on any atom is 0.328 e. The molecule has 6 nitrogen and oxygen atoms in total. The molecule has 0 aromatic carbocycles. The second-order valence-electron chi connectivity index (χ2n) is 3.78. The molecule has 0 radical (unpaired) electrons.